The molecule has 0 aromatic heterocycles. The Bertz CT molecular complexity index is 460. The number of benzene rings is 1. The van der Waals surface area contributed by atoms with Crippen molar-refractivity contribution in [3.8, 4) is 11.5 Å². The van der Waals surface area contributed by atoms with Crippen LogP contribution >= 0.6 is 11.6 Å². The van der Waals surface area contributed by atoms with E-state index in [4.69, 9.17) is 21.1 Å². The number of ether oxygens (including phenoxy) is 3. The van der Waals surface area contributed by atoms with Gasteiger partial charge in [0.1, 0.15) is 11.5 Å². The Hall–Kier alpha value is -1.88. The van der Waals surface area contributed by atoms with E-state index in [-0.39, 0.29) is 0 Å². The highest BCUT2D eigenvalue weighted by molar-refractivity contribution is 6.32. The molecule has 0 aliphatic heterocycles. The van der Waals surface area contributed by atoms with E-state index in [0.717, 1.165) is 0 Å². The lowest BCUT2D eigenvalue weighted by Gasteiger charge is -2.11. The summed E-state index contributed by atoms with van der Waals surface area (Å²) >= 11 is 5.99. The van der Waals surface area contributed by atoms with E-state index in [0.29, 0.717) is 22.2 Å². The summed E-state index contributed by atoms with van der Waals surface area (Å²) in [6, 6.07) is 3.29. The highest BCUT2D eigenvalue weighted by Gasteiger charge is 2.08. The fourth-order valence-corrected chi connectivity index (χ4v) is 1.48. The summed E-state index contributed by atoms with van der Waals surface area (Å²) in [5, 5.41) is 3.31. The van der Waals surface area contributed by atoms with E-state index in [2.05, 4.69) is 10.1 Å². The molecule has 0 radical (unpaired) electrons. The smallest absolute Gasteiger partial charge is 0.331 e. The largest absolute Gasteiger partial charge is 0.495 e. The summed E-state index contributed by atoms with van der Waals surface area (Å²) in [6.07, 6.45) is 2.68. The molecule has 1 aromatic carbocycles. The van der Waals surface area contributed by atoms with Crippen molar-refractivity contribution in [1.29, 1.82) is 0 Å². The maximum Gasteiger partial charge on any atom is 0.331 e. The average Bonchev–Trinajstić information content (AvgIpc) is 2.38. The summed E-state index contributed by atoms with van der Waals surface area (Å²) < 4.78 is 14.7. The van der Waals surface area contributed by atoms with Gasteiger partial charge in [-0.1, -0.05) is 11.6 Å². The molecule has 1 aromatic rings. The Balaban J connectivity index is 2.91. The zero-order chi connectivity index (χ0) is 13.5. The second-order valence-electron chi connectivity index (χ2n) is 3.19. The van der Waals surface area contributed by atoms with Crippen LogP contribution in [0.4, 0.5) is 5.69 Å². The lowest BCUT2D eigenvalue weighted by Crippen LogP contribution is -1.98. The molecule has 0 heterocycles. The summed E-state index contributed by atoms with van der Waals surface area (Å²) in [6.45, 7) is 0. The van der Waals surface area contributed by atoms with Gasteiger partial charge in [-0.05, 0) is 6.07 Å². The molecule has 0 saturated heterocycles. The number of methoxy groups -OCH3 is 3. The molecular formula is C12H14ClNO4. The molecule has 5 nitrogen and oxygen atoms in total. The molecule has 6 heteroatoms. The van der Waals surface area contributed by atoms with Crippen LogP contribution in [0.2, 0.25) is 5.02 Å². The molecule has 98 valence electrons. The van der Waals surface area contributed by atoms with Crippen LogP contribution in [0.15, 0.2) is 24.4 Å². The number of esters is 1. The Labute approximate surface area is 110 Å². The minimum Gasteiger partial charge on any atom is -0.495 e. The molecular weight excluding hydrogens is 258 g/mol. The molecule has 1 rings (SSSR count). The van der Waals surface area contributed by atoms with E-state index >= 15 is 0 Å². The number of carbonyl (C=O) groups excluding carboxylic acids is 1. The Kier molecular flexibility index (Phi) is 5.32. The van der Waals surface area contributed by atoms with Crippen molar-refractivity contribution in [2.45, 2.75) is 0 Å². The van der Waals surface area contributed by atoms with Gasteiger partial charge in [0.25, 0.3) is 0 Å². The number of anilines is 1. The Morgan fingerprint density at radius 2 is 1.89 bits per heavy atom. The van der Waals surface area contributed by atoms with Gasteiger partial charge in [-0.25, -0.2) is 4.79 Å². The molecule has 0 fully saturated rings. The highest BCUT2D eigenvalue weighted by Crippen LogP contribution is 2.35. The Morgan fingerprint density at radius 1 is 1.22 bits per heavy atom. The second-order valence-corrected chi connectivity index (χ2v) is 3.60. The molecule has 1 N–H and O–H groups in total. The first-order valence-electron chi connectivity index (χ1n) is 5.05. The molecule has 0 unspecified atom stereocenters. The van der Waals surface area contributed by atoms with Gasteiger partial charge in [0.05, 0.1) is 32.0 Å². The number of hydrogen-bond acceptors (Lipinski definition) is 5. The number of carbonyl (C=O) groups is 1. The third-order valence-electron chi connectivity index (χ3n) is 2.13. The fraction of sp³-hybridized carbons (Fsp3) is 0.250. The number of halogens is 1. The van der Waals surface area contributed by atoms with E-state index < -0.39 is 5.97 Å². The van der Waals surface area contributed by atoms with E-state index in [9.17, 15) is 4.79 Å². The Morgan fingerprint density at radius 3 is 2.44 bits per heavy atom. The van der Waals surface area contributed by atoms with Crippen molar-refractivity contribution in [2.75, 3.05) is 26.6 Å². The summed E-state index contributed by atoms with van der Waals surface area (Å²) in [7, 11) is 4.35. The van der Waals surface area contributed by atoms with Crippen LogP contribution in [0.1, 0.15) is 0 Å². The standard InChI is InChI=1S/C12H14ClNO4/c1-16-10-7-11(17-2)9(6-8(10)13)14-5-4-12(15)18-3/h4-7,14H,1-3H3/b5-4+. The number of hydrogen-bond donors (Lipinski definition) is 1. The molecule has 0 saturated carbocycles. The van der Waals surface area contributed by atoms with Crippen LogP contribution in [-0.4, -0.2) is 27.3 Å². The van der Waals surface area contributed by atoms with Crippen LogP contribution in [0.3, 0.4) is 0 Å². The summed E-state index contributed by atoms with van der Waals surface area (Å²) in [4.78, 5) is 10.9. The minimum absolute atomic E-state index is 0.437. The van der Waals surface area contributed by atoms with Gasteiger partial charge in [-0.2, -0.15) is 0 Å². The van der Waals surface area contributed by atoms with Crippen molar-refractivity contribution < 1.29 is 19.0 Å². The van der Waals surface area contributed by atoms with Crippen molar-refractivity contribution in [3.05, 3.63) is 29.4 Å². The van der Waals surface area contributed by atoms with Crippen LogP contribution in [0.5, 0.6) is 11.5 Å². The number of rotatable bonds is 5. The van der Waals surface area contributed by atoms with Gasteiger partial charge in [-0.15, -0.1) is 0 Å². The lowest BCUT2D eigenvalue weighted by atomic mass is 10.2. The van der Waals surface area contributed by atoms with Gasteiger partial charge < -0.3 is 19.5 Å². The maximum absolute atomic E-state index is 10.9. The first-order chi connectivity index (χ1) is 8.62. The van der Waals surface area contributed by atoms with Gasteiger partial charge in [0.15, 0.2) is 0 Å². The van der Waals surface area contributed by atoms with Crippen LogP contribution in [0.25, 0.3) is 0 Å². The van der Waals surface area contributed by atoms with E-state index in [1.807, 2.05) is 0 Å². The van der Waals surface area contributed by atoms with Crippen LogP contribution < -0.4 is 14.8 Å². The van der Waals surface area contributed by atoms with Crippen LogP contribution in [0, 0.1) is 0 Å². The fourth-order valence-electron chi connectivity index (χ4n) is 1.24. The lowest BCUT2D eigenvalue weighted by molar-refractivity contribution is -0.134. The van der Waals surface area contributed by atoms with Crippen LogP contribution in [-0.2, 0) is 9.53 Å². The SMILES string of the molecule is COC(=O)/C=C/Nc1cc(Cl)c(OC)cc1OC. The molecule has 0 aliphatic carbocycles. The first-order valence-corrected chi connectivity index (χ1v) is 5.42. The van der Waals surface area contributed by atoms with Gasteiger partial charge in [0.2, 0.25) is 0 Å². The van der Waals surface area contributed by atoms with E-state index in [1.54, 1.807) is 12.1 Å². The second kappa shape index (κ2) is 6.76. The maximum atomic E-state index is 10.9. The van der Waals surface area contributed by atoms with E-state index in [1.165, 1.54) is 33.6 Å². The minimum atomic E-state index is -0.457. The van der Waals surface area contributed by atoms with Crippen molar-refractivity contribution in [1.82, 2.24) is 0 Å². The van der Waals surface area contributed by atoms with Gasteiger partial charge in [0, 0.05) is 18.3 Å². The molecule has 0 aliphatic rings. The van der Waals surface area contributed by atoms with Crippen molar-refractivity contribution in [2.24, 2.45) is 0 Å². The predicted molar refractivity (Wildman–Crippen MR) is 69.3 cm³/mol. The third-order valence-corrected chi connectivity index (χ3v) is 2.43. The summed E-state index contributed by atoms with van der Waals surface area (Å²) in [5.41, 5.74) is 0.614. The monoisotopic (exact) mass is 271 g/mol. The molecule has 0 amide bonds. The van der Waals surface area contributed by atoms with Gasteiger partial charge in [-0.3, -0.25) is 0 Å². The zero-order valence-electron chi connectivity index (χ0n) is 10.3. The normalized spacial score (nSPS) is 10.2. The van der Waals surface area contributed by atoms with Crippen molar-refractivity contribution >= 4 is 23.3 Å². The molecule has 0 bridgehead atoms. The highest BCUT2D eigenvalue weighted by atomic mass is 35.5. The summed E-state index contributed by atoms with van der Waals surface area (Å²) in [5.74, 6) is 0.600. The zero-order valence-corrected chi connectivity index (χ0v) is 11.1. The van der Waals surface area contributed by atoms with Crippen molar-refractivity contribution in [3.63, 3.8) is 0 Å². The quantitative estimate of drug-likeness (QED) is 0.658. The molecule has 0 spiro atoms. The topological polar surface area (TPSA) is 56.8 Å². The predicted octanol–water partition coefficient (Wildman–Crippen LogP) is 2.46. The third kappa shape index (κ3) is 3.56. The first kappa shape index (κ1) is 14.2. The number of nitrogens with one attached hydrogen (secondary N) is 1. The van der Waals surface area contributed by atoms with Gasteiger partial charge >= 0.3 is 5.97 Å². The molecule has 18 heavy (non-hydrogen) atoms. The molecule has 0 atom stereocenters. The average molecular weight is 272 g/mol.